The summed E-state index contributed by atoms with van der Waals surface area (Å²) in [5.74, 6) is 5.55. The second-order valence-corrected chi connectivity index (χ2v) is 6.96. The summed E-state index contributed by atoms with van der Waals surface area (Å²) < 4.78 is 0. The summed E-state index contributed by atoms with van der Waals surface area (Å²) in [6.45, 7) is 2.36. The molecule has 0 spiro atoms. The van der Waals surface area contributed by atoms with Crippen LogP contribution in [0, 0.1) is 29.6 Å². The first-order valence-corrected chi connectivity index (χ1v) is 7.63. The van der Waals surface area contributed by atoms with Gasteiger partial charge in [0.1, 0.15) is 0 Å². The van der Waals surface area contributed by atoms with E-state index in [-0.39, 0.29) is 0 Å². The number of rotatable bonds is 3. The third-order valence-electron chi connectivity index (χ3n) is 6.28. The zero-order valence-electron chi connectivity index (χ0n) is 10.5. The summed E-state index contributed by atoms with van der Waals surface area (Å²) in [7, 11) is 0. The molecular weight excluding hydrogens is 194 g/mol. The van der Waals surface area contributed by atoms with E-state index in [0.29, 0.717) is 0 Å². The topological polar surface area (TPSA) is 12.0 Å². The highest BCUT2D eigenvalue weighted by atomic mass is 15.0. The number of fused-ring (bicyclic) bond motifs is 5. The van der Waals surface area contributed by atoms with Gasteiger partial charge in [0.25, 0.3) is 0 Å². The molecule has 0 radical (unpaired) electrons. The van der Waals surface area contributed by atoms with Crippen molar-refractivity contribution in [1.29, 1.82) is 0 Å². The Bertz CT molecular complexity index is 271. The van der Waals surface area contributed by atoms with Gasteiger partial charge in [0.15, 0.2) is 0 Å². The van der Waals surface area contributed by atoms with Crippen LogP contribution in [-0.4, -0.2) is 12.1 Å². The molecule has 1 nitrogen and oxygen atoms in total. The molecule has 0 saturated heterocycles. The van der Waals surface area contributed by atoms with Gasteiger partial charge in [-0.1, -0.05) is 13.3 Å². The van der Waals surface area contributed by atoms with Gasteiger partial charge >= 0.3 is 0 Å². The maximum atomic E-state index is 4.02. The van der Waals surface area contributed by atoms with Crippen molar-refractivity contribution in [2.24, 2.45) is 29.6 Å². The van der Waals surface area contributed by atoms with Gasteiger partial charge in [0, 0.05) is 12.1 Å². The number of hydrogen-bond acceptors (Lipinski definition) is 1. The van der Waals surface area contributed by atoms with Crippen LogP contribution in [0.2, 0.25) is 0 Å². The van der Waals surface area contributed by atoms with Gasteiger partial charge in [-0.3, -0.25) is 0 Å². The highest BCUT2D eigenvalue weighted by Gasteiger charge is 2.65. The molecule has 0 amide bonds. The van der Waals surface area contributed by atoms with Crippen LogP contribution < -0.4 is 5.32 Å². The van der Waals surface area contributed by atoms with E-state index in [0.717, 1.165) is 41.7 Å². The highest BCUT2D eigenvalue weighted by Crippen LogP contribution is 2.65. The molecule has 1 N–H and O–H groups in total. The van der Waals surface area contributed by atoms with Crippen molar-refractivity contribution in [1.82, 2.24) is 5.32 Å². The highest BCUT2D eigenvalue weighted by molar-refractivity contribution is 5.17. The maximum Gasteiger partial charge on any atom is 0.0138 e. The molecule has 6 atom stereocenters. The zero-order chi connectivity index (χ0) is 10.7. The Labute approximate surface area is 99.4 Å². The minimum absolute atomic E-state index is 0.889. The van der Waals surface area contributed by atoms with Crippen LogP contribution in [0.5, 0.6) is 0 Å². The Balaban J connectivity index is 1.34. The Hall–Kier alpha value is -0.0400. The summed E-state index contributed by atoms with van der Waals surface area (Å²) in [5.41, 5.74) is 0. The van der Waals surface area contributed by atoms with Crippen LogP contribution in [0.4, 0.5) is 0 Å². The van der Waals surface area contributed by atoms with Crippen molar-refractivity contribution in [3.05, 3.63) is 0 Å². The third kappa shape index (κ3) is 1.33. The van der Waals surface area contributed by atoms with Gasteiger partial charge in [-0.15, -0.1) is 0 Å². The van der Waals surface area contributed by atoms with Crippen molar-refractivity contribution in [3.63, 3.8) is 0 Å². The standard InChI is InChI=1S/C15H25N/c1-2-9-3-6-12(7-9)16-15-13-10-4-5-11(8-10)14(13)15/h9-16H,2-8H2,1H3. The normalized spacial score (nSPS) is 57.9. The molecule has 0 aromatic heterocycles. The van der Waals surface area contributed by atoms with Gasteiger partial charge in [0.05, 0.1) is 0 Å². The SMILES string of the molecule is CCC1CCC(NC2C3C4CCC(C4)C23)C1. The minimum atomic E-state index is 0.889. The minimum Gasteiger partial charge on any atom is -0.311 e. The Morgan fingerprint density at radius 1 is 0.938 bits per heavy atom. The quantitative estimate of drug-likeness (QED) is 0.768. The molecule has 16 heavy (non-hydrogen) atoms. The van der Waals surface area contributed by atoms with Crippen molar-refractivity contribution in [3.8, 4) is 0 Å². The second-order valence-electron chi connectivity index (χ2n) is 6.96. The first-order chi connectivity index (χ1) is 7.86. The van der Waals surface area contributed by atoms with Gasteiger partial charge in [-0.2, -0.15) is 0 Å². The molecule has 90 valence electrons. The van der Waals surface area contributed by atoms with E-state index in [1.54, 1.807) is 19.3 Å². The van der Waals surface area contributed by atoms with E-state index < -0.39 is 0 Å². The molecule has 4 saturated carbocycles. The lowest BCUT2D eigenvalue weighted by Gasteiger charge is -2.16. The molecule has 0 heterocycles. The molecule has 0 aromatic rings. The first kappa shape index (κ1) is 9.94. The zero-order valence-corrected chi connectivity index (χ0v) is 10.5. The third-order valence-corrected chi connectivity index (χ3v) is 6.28. The largest absolute Gasteiger partial charge is 0.311 e. The summed E-state index contributed by atoms with van der Waals surface area (Å²) >= 11 is 0. The molecule has 4 aliphatic rings. The van der Waals surface area contributed by atoms with Crippen molar-refractivity contribution < 1.29 is 0 Å². The van der Waals surface area contributed by atoms with E-state index >= 15 is 0 Å². The van der Waals surface area contributed by atoms with E-state index in [9.17, 15) is 0 Å². The molecular formula is C15H25N. The van der Waals surface area contributed by atoms with Gasteiger partial charge in [-0.25, -0.2) is 0 Å². The van der Waals surface area contributed by atoms with Crippen LogP contribution >= 0.6 is 0 Å². The second kappa shape index (κ2) is 3.48. The lowest BCUT2D eigenvalue weighted by molar-refractivity contribution is 0.408. The van der Waals surface area contributed by atoms with Gasteiger partial charge < -0.3 is 5.32 Å². The lowest BCUT2D eigenvalue weighted by atomic mass is 10.0. The van der Waals surface area contributed by atoms with Crippen LogP contribution in [0.25, 0.3) is 0 Å². The van der Waals surface area contributed by atoms with Crippen molar-refractivity contribution in [2.75, 3.05) is 0 Å². The first-order valence-electron chi connectivity index (χ1n) is 7.63. The molecule has 4 rings (SSSR count). The number of hydrogen-bond donors (Lipinski definition) is 1. The maximum absolute atomic E-state index is 4.02. The van der Waals surface area contributed by atoms with Crippen LogP contribution in [0.15, 0.2) is 0 Å². The molecule has 4 fully saturated rings. The van der Waals surface area contributed by atoms with E-state index in [2.05, 4.69) is 12.2 Å². The fraction of sp³-hybridized carbons (Fsp3) is 1.00. The predicted molar refractivity (Wildman–Crippen MR) is 66.2 cm³/mol. The van der Waals surface area contributed by atoms with Crippen LogP contribution in [-0.2, 0) is 0 Å². The summed E-state index contributed by atoms with van der Waals surface area (Å²) in [6.07, 6.45) is 10.5. The van der Waals surface area contributed by atoms with E-state index in [1.165, 1.54) is 25.7 Å². The fourth-order valence-corrected chi connectivity index (χ4v) is 5.42. The van der Waals surface area contributed by atoms with E-state index in [1.807, 2.05) is 0 Å². The predicted octanol–water partition coefficient (Wildman–Crippen LogP) is 3.20. The Morgan fingerprint density at radius 2 is 1.69 bits per heavy atom. The average molecular weight is 219 g/mol. The lowest BCUT2D eigenvalue weighted by Crippen LogP contribution is -2.32. The van der Waals surface area contributed by atoms with Crippen LogP contribution in [0.1, 0.15) is 51.9 Å². The van der Waals surface area contributed by atoms with E-state index in [4.69, 9.17) is 0 Å². The molecule has 0 aliphatic heterocycles. The summed E-state index contributed by atoms with van der Waals surface area (Å²) in [4.78, 5) is 0. The van der Waals surface area contributed by atoms with Gasteiger partial charge in [0.2, 0.25) is 0 Å². The average Bonchev–Trinajstić information content (AvgIpc) is 2.75. The van der Waals surface area contributed by atoms with Crippen LogP contribution in [0.3, 0.4) is 0 Å². The molecule has 0 aromatic carbocycles. The summed E-state index contributed by atoms with van der Waals surface area (Å²) in [6, 6.07) is 1.85. The molecule has 6 unspecified atom stereocenters. The Morgan fingerprint density at radius 3 is 2.31 bits per heavy atom. The summed E-state index contributed by atoms with van der Waals surface area (Å²) in [5, 5.41) is 4.02. The van der Waals surface area contributed by atoms with Gasteiger partial charge in [-0.05, 0) is 68.1 Å². The molecule has 1 heteroatoms. The fourth-order valence-electron chi connectivity index (χ4n) is 5.42. The molecule has 4 aliphatic carbocycles. The smallest absolute Gasteiger partial charge is 0.0138 e. The van der Waals surface area contributed by atoms with Crippen molar-refractivity contribution in [2.45, 2.75) is 64.0 Å². The Kier molecular flexibility index (Phi) is 2.16. The molecule has 2 bridgehead atoms. The monoisotopic (exact) mass is 219 g/mol. The van der Waals surface area contributed by atoms with Crippen molar-refractivity contribution >= 4 is 0 Å². The number of nitrogens with one attached hydrogen (secondary N) is 1.